The zero-order chi connectivity index (χ0) is 20.2. The first-order valence-corrected chi connectivity index (χ1v) is 10.2. The summed E-state index contributed by atoms with van der Waals surface area (Å²) in [7, 11) is 0. The molecule has 1 atom stereocenters. The minimum Gasteiger partial charge on any atom is -0.378 e. The van der Waals surface area contributed by atoms with Gasteiger partial charge in [0.05, 0.1) is 30.5 Å². The molecule has 2 aliphatic heterocycles. The van der Waals surface area contributed by atoms with Crippen LogP contribution in [0.1, 0.15) is 17.5 Å². The quantitative estimate of drug-likeness (QED) is 0.848. The number of ether oxygens (including phenoxy) is 1. The summed E-state index contributed by atoms with van der Waals surface area (Å²) in [6.07, 6.45) is 0.247. The van der Waals surface area contributed by atoms with Crippen molar-refractivity contribution >= 4 is 23.2 Å². The van der Waals surface area contributed by atoms with Gasteiger partial charge in [0.25, 0.3) is 0 Å². The largest absolute Gasteiger partial charge is 0.378 e. The van der Waals surface area contributed by atoms with Gasteiger partial charge in [0.1, 0.15) is 0 Å². The standard InChI is InChI=1S/C23H27N3O3/c1-17-5-4-6-18(13-17)15-24-23(28)19-14-22(27)26(16-19)21-8-3-2-7-20(21)25-9-11-29-12-10-25/h2-8,13,19H,9-12,14-16H2,1H3,(H,24,28). The number of nitrogens with zero attached hydrogens (tertiary/aromatic N) is 2. The van der Waals surface area contributed by atoms with E-state index in [1.165, 1.54) is 5.56 Å². The SMILES string of the molecule is Cc1cccc(CNC(=O)C2CC(=O)N(c3ccccc3N3CCOCC3)C2)c1. The summed E-state index contributed by atoms with van der Waals surface area (Å²) in [6.45, 7) is 5.91. The lowest BCUT2D eigenvalue weighted by molar-refractivity contribution is -0.126. The summed E-state index contributed by atoms with van der Waals surface area (Å²) < 4.78 is 5.45. The van der Waals surface area contributed by atoms with Crippen molar-refractivity contribution in [2.75, 3.05) is 42.6 Å². The van der Waals surface area contributed by atoms with Gasteiger partial charge >= 0.3 is 0 Å². The highest BCUT2D eigenvalue weighted by Gasteiger charge is 2.36. The van der Waals surface area contributed by atoms with Crippen molar-refractivity contribution in [2.45, 2.75) is 19.9 Å². The molecule has 6 nitrogen and oxygen atoms in total. The summed E-state index contributed by atoms with van der Waals surface area (Å²) in [5, 5.41) is 2.99. The van der Waals surface area contributed by atoms with Crippen LogP contribution < -0.4 is 15.1 Å². The number of rotatable bonds is 5. The molecule has 2 amide bonds. The molecule has 2 fully saturated rings. The van der Waals surface area contributed by atoms with E-state index in [0.29, 0.717) is 26.3 Å². The summed E-state index contributed by atoms with van der Waals surface area (Å²) >= 11 is 0. The first-order valence-electron chi connectivity index (χ1n) is 10.2. The van der Waals surface area contributed by atoms with Crippen molar-refractivity contribution in [1.29, 1.82) is 0 Å². The second kappa shape index (κ2) is 8.66. The van der Waals surface area contributed by atoms with Gasteiger partial charge in [-0.25, -0.2) is 0 Å². The molecule has 29 heavy (non-hydrogen) atoms. The Bertz CT molecular complexity index is 892. The Morgan fingerprint density at radius 2 is 1.86 bits per heavy atom. The van der Waals surface area contributed by atoms with Crippen LogP contribution >= 0.6 is 0 Å². The van der Waals surface area contributed by atoms with Crippen molar-refractivity contribution in [3.63, 3.8) is 0 Å². The van der Waals surface area contributed by atoms with E-state index >= 15 is 0 Å². The van der Waals surface area contributed by atoms with Gasteiger partial charge in [-0.2, -0.15) is 0 Å². The predicted octanol–water partition coefficient (Wildman–Crippen LogP) is 2.50. The molecule has 1 N–H and O–H groups in total. The average Bonchev–Trinajstić information content (AvgIpc) is 3.14. The second-order valence-corrected chi connectivity index (χ2v) is 7.70. The summed E-state index contributed by atoms with van der Waals surface area (Å²) in [4.78, 5) is 29.5. The first-order chi connectivity index (χ1) is 14.1. The third kappa shape index (κ3) is 4.43. The highest BCUT2D eigenvalue weighted by atomic mass is 16.5. The van der Waals surface area contributed by atoms with E-state index in [1.807, 2.05) is 49.4 Å². The summed E-state index contributed by atoms with van der Waals surface area (Å²) in [6, 6.07) is 16.0. The number of amides is 2. The normalized spacial score (nSPS) is 19.5. The molecule has 2 heterocycles. The van der Waals surface area contributed by atoms with Crippen LogP contribution in [0.4, 0.5) is 11.4 Å². The number of benzene rings is 2. The number of carbonyl (C=O) groups excluding carboxylic acids is 2. The molecule has 2 aromatic rings. The topological polar surface area (TPSA) is 61.9 Å². The maximum absolute atomic E-state index is 12.7. The number of nitrogens with one attached hydrogen (secondary N) is 1. The van der Waals surface area contributed by atoms with Gasteiger partial charge in [-0.15, -0.1) is 0 Å². The molecule has 4 rings (SSSR count). The first kappa shape index (κ1) is 19.5. The monoisotopic (exact) mass is 393 g/mol. The predicted molar refractivity (Wildman–Crippen MR) is 113 cm³/mol. The van der Waals surface area contributed by atoms with E-state index in [9.17, 15) is 9.59 Å². The van der Waals surface area contributed by atoms with E-state index in [4.69, 9.17) is 4.74 Å². The fraction of sp³-hybridized carbons (Fsp3) is 0.391. The zero-order valence-electron chi connectivity index (χ0n) is 16.8. The fourth-order valence-corrected chi connectivity index (χ4v) is 4.04. The Labute approximate surface area is 171 Å². The van der Waals surface area contributed by atoms with Crippen molar-refractivity contribution in [3.8, 4) is 0 Å². The molecule has 0 saturated carbocycles. The van der Waals surface area contributed by atoms with Gasteiger partial charge in [-0.05, 0) is 24.6 Å². The highest BCUT2D eigenvalue weighted by Crippen LogP contribution is 2.34. The van der Waals surface area contributed by atoms with Crippen LogP contribution in [0.15, 0.2) is 48.5 Å². The summed E-state index contributed by atoms with van der Waals surface area (Å²) in [5.74, 6) is -0.391. The van der Waals surface area contributed by atoms with Gasteiger partial charge in [-0.3, -0.25) is 9.59 Å². The molecule has 0 aliphatic carbocycles. The van der Waals surface area contributed by atoms with Crippen LogP contribution in [0.3, 0.4) is 0 Å². The van der Waals surface area contributed by atoms with Gasteiger partial charge < -0.3 is 19.9 Å². The van der Waals surface area contributed by atoms with Crippen LogP contribution in [0.2, 0.25) is 0 Å². The van der Waals surface area contributed by atoms with Crippen LogP contribution in [0, 0.1) is 12.8 Å². The second-order valence-electron chi connectivity index (χ2n) is 7.70. The Kier molecular flexibility index (Phi) is 5.81. The van der Waals surface area contributed by atoms with E-state index in [-0.39, 0.29) is 24.2 Å². The molecule has 2 aliphatic rings. The maximum atomic E-state index is 12.7. The highest BCUT2D eigenvalue weighted by molar-refractivity contribution is 6.02. The molecule has 2 aromatic carbocycles. The molecular formula is C23H27N3O3. The van der Waals surface area contributed by atoms with E-state index in [2.05, 4.69) is 16.3 Å². The molecule has 2 saturated heterocycles. The molecule has 0 radical (unpaired) electrons. The van der Waals surface area contributed by atoms with Crippen molar-refractivity contribution < 1.29 is 14.3 Å². The smallest absolute Gasteiger partial charge is 0.227 e. The molecule has 0 spiro atoms. The van der Waals surface area contributed by atoms with E-state index < -0.39 is 0 Å². The van der Waals surface area contributed by atoms with Gasteiger partial charge in [0.15, 0.2) is 0 Å². The lowest BCUT2D eigenvalue weighted by atomic mass is 10.1. The van der Waals surface area contributed by atoms with Crippen LogP contribution in [-0.2, 0) is 20.9 Å². The average molecular weight is 393 g/mol. The van der Waals surface area contributed by atoms with Gasteiger partial charge in [-0.1, -0.05) is 42.0 Å². The molecular weight excluding hydrogens is 366 g/mol. The molecule has 0 bridgehead atoms. The minimum absolute atomic E-state index is 0.00131. The zero-order valence-corrected chi connectivity index (χ0v) is 16.8. The van der Waals surface area contributed by atoms with Crippen molar-refractivity contribution in [1.82, 2.24) is 5.32 Å². The number of aryl methyl sites for hydroxylation is 1. The molecule has 1 unspecified atom stereocenters. The molecule has 6 heteroatoms. The lowest BCUT2D eigenvalue weighted by Gasteiger charge is -2.32. The van der Waals surface area contributed by atoms with Crippen LogP contribution in [-0.4, -0.2) is 44.7 Å². The number of hydrogen-bond acceptors (Lipinski definition) is 4. The number of carbonyl (C=O) groups is 2. The minimum atomic E-state index is -0.329. The number of hydrogen-bond donors (Lipinski definition) is 1. The Balaban J connectivity index is 1.43. The Morgan fingerprint density at radius 3 is 2.62 bits per heavy atom. The fourth-order valence-electron chi connectivity index (χ4n) is 4.04. The Hall–Kier alpha value is -2.86. The van der Waals surface area contributed by atoms with Gasteiger partial charge in [0.2, 0.25) is 11.8 Å². The number of anilines is 2. The Morgan fingerprint density at radius 1 is 1.10 bits per heavy atom. The van der Waals surface area contributed by atoms with Crippen LogP contribution in [0.25, 0.3) is 0 Å². The van der Waals surface area contributed by atoms with Gasteiger partial charge in [0, 0.05) is 32.6 Å². The van der Waals surface area contributed by atoms with E-state index in [1.54, 1.807) is 4.90 Å². The van der Waals surface area contributed by atoms with Crippen molar-refractivity contribution in [2.24, 2.45) is 5.92 Å². The lowest BCUT2D eigenvalue weighted by Crippen LogP contribution is -2.38. The maximum Gasteiger partial charge on any atom is 0.227 e. The molecule has 152 valence electrons. The van der Waals surface area contributed by atoms with Crippen molar-refractivity contribution in [3.05, 3.63) is 59.7 Å². The summed E-state index contributed by atoms with van der Waals surface area (Å²) in [5.41, 5.74) is 4.15. The number of morpholine rings is 1. The third-order valence-corrected chi connectivity index (χ3v) is 5.57. The number of para-hydroxylation sites is 2. The molecule has 0 aromatic heterocycles. The third-order valence-electron chi connectivity index (χ3n) is 5.57. The van der Waals surface area contributed by atoms with E-state index in [0.717, 1.165) is 30.0 Å². The van der Waals surface area contributed by atoms with Crippen LogP contribution in [0.5, 0.6) is 0 Å².